The van der Waals surface area contributed by atoms with Crippen LogP contribution in [0.3, 0.4) is 0 Å². The molecule has 0 aromatic carbocycles. The zero-order chi connectivity index (χ0) is 17.6. The molecular formula is C15H30N2O4S. The molecule has 0 radical (unpaired) electrons. The molecule has 0 saturated heterocycles. The number of hydrogen-bond donors (Lipinski definition) is 2. The van der Waals surface area contributed by atoms with Crippen molar-refractivity contribution < 1.29 is 18.5 Å². The minimum atomic E-state index is -2.21. The van der Waals surface area contributed by atoms with E-state index >= 15 is 0 Å². The smallest absolute Gasteiger partial charge is 0.408 e. The van der Waals surface area contributed by atoms with Crippen LogP contribution in [0.25, 0.3) is 0 Å². The van der Waals surface area contributed by atoms with Gasteiger partial charge < -0.3 is 10.1 Å². The lowest BCUT2D eigenvalue weighted by molar-refractivity contribution is -0.119. The molecule has 0 aromatic heterocycles. The highest BCUT2D eigenvalue weighted by atomic mass is 32.2. The van der Waals surface area contributed by atoms with Crippen LogP contribution in [0.5, 0.6) is 0 Å². The Kier molecular flexibility index (Phi) is 7.93. The molecule has 0 heterocycles. The number of ether oxygens (including phenoxy) is 1. The van der Waals surface area contributed by atoms with Crippen LogP contribution in [-0.2, 0) is 19.5 Å². The molecule has 1 amide bonds. The van der Waals surface area contributed by atoms with Crippen molar-refractivity contribution in [1.82, 2.24) is 5.32 Å². The SMILES string of the molecule is C/N=C(\CCC(NC(=O)OC(C)(C)C)C(C)=O)C[SH](C)(C)=O. The first-order valence-electron chi connectivity index (χ1n) is 7.32. The lowest BCUT2D eigenvalue weighted by atomic mass is 10.1. The molecular weight excluding hydrogens is 304 g/mol. The van der Waals surface area contributed by atoms with Gasteiger partial charge in [0, 0.05) is 18.5 Å². The summed E-state index contributed by atoms with van der Waals surface area (Å²) in [6.07, 6.45) is 3.74. The zero-order valence-corrected chi connectivity index (χ0v) is 15.6. The molecule has 0 saturated carbocycles. The Labute approximate surface area is 134 Å². The monoisotopic (exact) mass is 334 g/mol. The van der Waals surface area contributed by atoms with Gasteiger partial charge in [0.1, 0.15) is 5.60 Å². The third kappa shape index (κ3) is 10.5. The van der Waals surface area contributed by atoms with Crippen LogP contribution in [0.15, 0.2) is 4.99 Å². The third-order valence-electron chi connectivity index (χ3n) is 2.78. The van der Waals surface area contributed by atoms with Crippen LogP contribution in [0, 0.1) is 0 Å². The summed E-state index contributed by atoms with van der Waals surface area (Å²) in [4.78, 5) is 27.6. The number of rotatable bonds is 7. The van der Waals surface area contributed by atoms with Crippen molar-refractivity contribution in [2.75, 3.05) is 25.3 Å². The number of alkyl carbamates (subject to hydrolysis) is 1. The first kappa shape index (κ1) is 20.8. The van der Waals surface area contributed by atoms with E-state index < -0.39 is 27.7 Å². The quantitative estimate of drug-likeness (QED) is 0.547. The molecule has 0 fully saturated rings. The fourth-order valence-corrected chi connectivity index (χ4v) is 3.02. The Balaban J connectivity index is 4.63. The maximum Gasteiger partial charge on any atom is 0.408 e. The van der Waals surface area contributed by atoms with Gasteiger partial charge in [0.15, 0.2) is 5.78 Å². The summed E-state index contributed by atoms with van der Waals surface area (Å²) >= 11 is 0. The van der Waals surface area contributed by atoms with Crippen molar-refractivity contribution in [3.8, 4) is 0 Å². The van der Waals surface area contributed by atoms with Gasteiger partial charge in [-0.2, -0.15) is 0 Å². The lowest BCUT2D eigenvalue weighted by Crippen LogP contribution is -2.43. The van der Waals surface area contributed by atoms with E-state index in [-0.39, 0.29) is 5.78 Å². The van der Waals surface area contributed by atoms with Gasteiger partial charge in [-0.25, -0.2) is 4.79 Å². The Morgan fingerprint density at radius 2 is 1.82 bits per heavy atom. The molecule has 0 aliphatic carbocycles. The fourth-order valence-electron chi connectivity index (χ4n) is 1.84. The van der Waals surface area contributed by atoms with E-state index in [1.807, 2.05) is 0 Å². The fraction of sp³-hybridized carbons (Fsp3) is 0.800. The normalized spacial score (nSPS) is 15.1. The topological polar surface area (TPSA) is 84.8 Å². The van der Waals surface area contributed by atoms with E-state index in [4.69, 9.17) is 4.74 Å². The number of nitrogens with zero attached hydrogens (tertiary/aromatic N) is 1. The minimum absolute atomic E-state index is 0.141. The standard InChI is InChI=1S/C15H30N2O4S/c1-11(18)13(17-14(19)21-15(2,3)4)9-8-12(16-5)10-22(6,7)20/h13,22H,8-10H2,1-7H3,(H,17,19)/b16-12+. The Hall–Kier alpha value is -1.24. The van der Waals surface area contributed by atoms with Crippen molar-refractivity contribution in [3.63, 3.8) is 0 Å². The maximum absolute atomic E-state index is 11.9. The number of ketones is 1. The summed E-state index contributed by atoms with van der Waals surface area (Å²) < 4.78 is 17.0. The number of thiol groups is 1. The predicted octanol–water partition coefficient (Wildman–Crippen LogP) is 1.60. The average molecular weight is 334 g/mol. The van der Waals surface area contributed by atoms with Crippen LogP contribution in [0.2, 0.25) is 0 Å². The number of carbonyl (C=O) groups is 2. The number of amides is 1. The van der Waals surface area contributed by atoms with Crippen molar-refractivity contribution >= 4 is 27.5 Å². The summed E-state index contributed by atoms with van der Waals surface area (Å²) in [5.41, 5.74) is 0.184. The number of aliphatic imine (C=N–C) groups is 1. The second-order valence-electron chi connectivity index (χ2n) is 6.87. The highest BCUT2D eigenvalue weighted by molar-refractivity contribution is 8.02. The Morgan fingerprint density at radius 1 is 1.27 bits per heavy atom. The number of nitrogens with one attached hydrogen (secondary N) is 1. The van der Waals surface area contributed by atoms with Crippen LogP contribution < -0.4 is 5.32 Å². The van der Waals surface area contributed by atoms with Crippen LogP contribution in [-0.4, -0.2) is 58.8 Å². The van der Waals surface area contributed by atoms with E-state index in [9.17, 15) is 13.8 Å². The van der Waals surface area contributed by atoms with E-state index in [1.165, 1.54) is 6.92 Å². The molecule has 1 unspecified atom stereocenters. The molecule has 1 N–H and O–H groups in total. The predicted molar refractivity (Wildman–Crippen MR) is 92.7 cm³/mol. The molecule has 0 rings (SSSR count). The summed E-state index contributed by atoms with van der Waals surface area (Å²) in [5, 5.41) is 2.58. The van der Waals surface area contributed by atoms with Crippen molar-refractivity contribution in [2.24, 2.45) is 4.99 Å². The molecule has 0 spiro atoms. The van der Waals surface area contributed by atoms with E-state index in [2.05, 4.69) is 10.3 Å². The van der Waals surface area contributed by atoms with Crippen molar-refractivity contribution in [1.29, 1.82) is 0 Å². The molecule has 0 bridgehead atoms. The van der Waals surface area contributed by atoms with Gasteiger partial charge in [0.2, 0.25) is 0 Å². The highest BCUT2D eigenvalue weighted by Crippen LogP contribution is 2.09. The van der Waals surface area contributed by atoms with Gasteiger partial charge in [-0.05, 0) is 53.0 Å². The van der Waals surface area contributed by atoms with E-state index in [1.54, 1.807) is 40.3 Å². The Morgan fingerprint density at radius 3 is 2.18 bits per heavy atom. The Bertz CT molecular complexity index is 474. The minimum Gasteiger partial charge on any atom is -0.444 e. The van der Waals surface area contributed by atoms with Crippen molar-refractivity contribution in [3.05, 3.63) is 0 Å². The molecule has 6 nitrogen and oxygen atoms in total. The van der Waals surface area contributed by atoms with Gasteiger partial charge in [-0.3, -0.25) is 14.0 Å². The lowest BCUT2D eigenvalue weighted by Gasteiger charge is -2.23. The summed E-state index contributed by atoms with van der Waals surface area (Å²) in [7, 11) is -0.557. The van der Waals surface area contributed by atoms with Gasteiger partial charge in [0.05, 0.1) is 6.04 Å². The third-order valence-corrected chi connectivity index (χ3v) is 3.91. The molecule has 7 heteroatoms. The molecule has 22 heavy (non-hydrogen) atoms. The maximum atomic E-state index is 11.9. The summed E-state index contributed by atoms with van der Waals surface area (Å²) in [6.45, 7) is 6.71. The van der Waals surface area contributed by atoms with Gasteiger partial charge >= 0.3 is 6.09 Å². The van der Waals surface area contributed by atoms with Gasteiger partial charge in [0.25, 0.3) is 0 Å². The summed E-state index contributed by atoms with van der Waals surface area (Å²) in [6, 6.07) is -0.625. The number of Topliss-reactive ketones (excluding diaryl/α,β-unsaturated/α-hetero) is 1. The molecule has 130 valence electrons. The zero-order valence-electron chi connectivity index (χ0n) is 14.7. The highest BCUT2D eigenvalue weighted by Gasteiger charge is 2.22. The molecule has 0 aromatic rings. The number of hydrogen-bond acceptors (Lipinski definition) is 5. The second-order valence-corrected chi connectivity index (χ2v) is 10.3. The first-order valence-corrected chi connectivity index (χ1v) is 10.1. The van der Waals surface area contributed by atoms with Crippen molar-refractivity contribution in [2.45, 2.75) is 52.2 Å². The van der Waals surface area contributed by atoms with Crippen LogP contribution >= 0.6 is 0 Å². The van der Waals surface area contributed by atoms with E-state index in [0.29, 0.717) is 18.6 Å². The number of carbonyl (C=O) groups excluding carboxylic acids is 2. The van der Waals surface area contributed by atoms with Crippen LogP contribution in [0.1, 0.15) is 40.5 Å². The van der Waals surface area contributed by atoms with Gasteiger partial charge in [-0.1, -0.05) is 0 Å². The van der Waals surface area contributed by atoms with E-state index in [0.717, 1.165) is 5.71 Å². The second kappa shape index (κ2) is 8.41. The molecule has 0 aliphatic rings. The molecule has 0 aliphatic heterocycles. The van der Waals surface area contributed by atoms with Crippen LogP contribution in [0.4, 0.5) is 4.79 Å². The largest absolute Gasteiger partial charge is 0.444 e. The first-order chi connectivity index (χ1) is 9.84. The van der Waals surface area contributed by atoms with Gasteiger partial charge in [-0.15, -0.1) is 9.93 Å². The summed E-state index contributed by atoms with van der Waals surface area (Å²) in [5.74, 6) is 0.290. The molecule has 1 atom stereocenters. The average Bonchev–Trinajstić information content (AvgIpc) is 2.28.